The summed E-state index contributed by atoms with van der Waals surface area (Å²) in [5.41, 5.74) is 7.82. The molecule has 0 aliphatic heterocycles. The first-order valence-corrected chi connectivity index (χ1v) is 5.18. The van der Waals surface area contributed by atoms with Gasteiger partial charge in [0.05, 0.1) is 6.42 Å². The first-order valence-electron chi connectivity index (χ1n) is 5.18. The Hall–Kier alpha value is -1.84. The number of hydrogen-bond donors (Lipinski definition) is 2. The lowest BCUT2D eigenvalue weighted by Crippen LogP contribution is -2.05. The molecule has 0 aliphatic rings. The molecule has 0 heterocycles. The highest BCUT2D eigenvalue weighted by Gasteiger charge is 2.09. The Morgan fingerprint density at radius 2 is 2.00 bits per heavy atom. The Bertz CT molecular complexity index is 413. The number of carbonyl (C=O) groups excluding carboxylic acids is 1. The van der Waals surface area contributed by atoms with Crippen molar-refractivity contribution < 1.29 is 14.7 Å². The molecule has 0 fully saturated rings. The van der Waals surface area contributed by atoms with E-state index in [0.717, 1.165) is 12.0 Å². The van der Waals surface area contributed by atoms with Crippen LogP contribution in [-0.4, -0.2) is 16.9 Å². The summed E-state index contributed by atoms with van der Waals surface area (Å²) in [5.74, 6) is -1.15. The SMILES string of the molecule is CCc1ccc(C(=O)CCC(=O)O)cc1N. The number of Topliss-reactive ketones (excluding diaryl/α,β-unsaturated/α-hetero) is 1. The van der Waals surface area contributed by atoms with Crippen LogP contribution in [0.5, 0.6) is 0 Å². The molecule has 0 saturated carbocycles. The van der Waals surface area contributed by atoms with E-state index in [-0.39, 0.29) is 18.6 Å². The summed E-state index contributed by atoms with van der Waals surface area (Å²) >= 11 is 0. The number of carboxylic acids is 1. The molecule has 4 heteroatoms. The molecule has 0 bridgehead atoms. The number of carboxylic acid groups (broad SMARTS) is 1. The highest BCUT2D eigenvalue weighted by Crippen LogP contribution is 2.16. The van der Waals surface area contributed by atoms with Crippen LogP contribution in [-0.2, 0) is 11.2 Å². The number of nitrogen functional groups attached to an aromatic ring is 1. The number of rotatable bonds is 5. The summed E-state index contributed by atoms with van der Waals surface area (Å²) in [4.78, 5) is 21.9. The van der Waals surface area contributed by atoms with Crippen molar-refractivity contribution in [1.82, 2.24) is 0 Å². The third-order valence-corrected chi connectivity index (χ3v) is 2.41. The normalized spacial score (nSPS) is 10.1. The van der Waals surface area contributed by atoms with Crippen molar-refractivity contribution in [2.45, 2.75) is 26.2 Å². The molecule has 0 saturated heterocycles. The van der Waals surface area contributed by atoms with E-state index in [1.807, 2.05) is 13.0 Å². The van der Waals surface area contributed by atoms with Crippen molar-refractivity contribution in [3.63, 3.8) is 0 Å². The van der Waals surface area contributed by atoms with Crippen LogP contribution in [0.2, 0.25) is 0 Å². The van der Waals surface area contributed by atoms with Gasteiger partial charge in [-0.3, -0.25) is 9.59 Å². The number of benzene rings is 1. The van der Waals surface area contributed by atoms with E-state index in [4.69, 9.17) is 10.8 Å². The van der Waals surface area contributed by atoms with Crippen molar-refractivity contribution in [3.05, 3.63) is 29.3 Å². The fraction of sp³-hybridized carbons (Fsp3) is 0.333. The van der Waals surface area contributed by atoms with Gasteiger partial charge >= 0.3 is 5.97 Å². The second-order valence-electron chi connectivity index (χ2n) is 3.58. The number of aliphatic carboxylic acids is 1. The first-order chi connectivity index (χ1) is 7.54. The molecule has 1 rings (SSSR count). The summed E-state index contributed by atoms with van der Waals surface area (Å²) in [5, 5.41) is 8.47. The smallest absolute Gasteiger partial charge is 0.303 e. The summed E-state index contributed by atoms with van der Waals surface area (Å²) in [6.07, 6.45) is 0.684. The molecule has 0 aliphatic carbocycles. The fourth-order valence-electron chi connectivity index (χ4n) is 1.46. The maximum Gasteiger partial charge on any atom is 0.303 e. The Labute approximate surface area is 94.1 Å². The molecule has 0 unspecified atom stereocenters. The Morgan fingerprint density at radius 1 is 1.31 bits per heavy atom. The number of aryl methyl sites for hydroxylation is 1. The largest absolute Gasteiger partial charge is 0.481 e. The number of ketones is 1. The maximum absolute atomic E-state index is 11.6. The molecule has 1 aromatic rings. The Balaban J connectivity index is 2.77. The highest BCUT2D eigenvalue weighted by molar-refractivity contribution is 5.98. The number of carbonyl (C=O) groups is 2. The first kappa shape index (κ1) is 12.2. The van der Waals surface area contributed by atoms with Crippen molar-refractivity contribution in [2.24, 2.45) is 0 Å². The molecule has 0 atom stereocenters. The third kappa shape index (κ3) is 3.08. The van der Waals surface area contributed by atoms with Gasteiger partial charge in [-0.1, -0.05) is 19.1 Å². The predicted molar refractivity (Wildman–Crippen MR) is 61.4 cm³/mol. The lowest BCUT2D eigenvalue weighted by molar-refractivity contribution is -0.136. The zero-order chi connectivity index (χ0) is 12.1. The minimum absolute atomic E-state index is 0.0141. The zero-order valence-corrected chi connectivity index (χ0v) is 9.19. The average molecular weight is 221 g/mol. The van der Waals surface area contributed by atoms with Gasteiger partial charge < -0.3 is 10.8 Å². The molecular weight excluding hydrogens is 206 g/mol. The molecule has 16 heavy (non-hydrogen) atoms. The van der Waals surface area contributed by atoms with Gasteiger partial charge in [0.15, 0.2) is 5.78 Å². The number of nitrogens with two attached hydrogens (primary N) is 1. The van der Waals surface area contributed by atoms with Crippen molar-refractivity contribution in [1.29, 1.82) is 0 Å². The van der Waals surface area contributed by atoms with Crippen LogP contribution >= 0.6 is 0 Å². The quantitative estimate of drug-likeness (QED) is 0.587. The Morgan fingerprint density at radius 3 is 2.50 bits per heavy atom. The van der Waals surface area contributed by atoms with Gasteiger partial charge in [-0.05, 0) is 18.1 Å². The van der Waals surface area contributed by atoms with Gasteiger partial charge in [0, 0.05) is 17.7 Å². The van der Waals surface area contributed by atoms with Crippen LogP contribution in [0.3, 0.4) is 0 Å². The van der Waals surface area contributed by atoms with Gasteiger partial charge in [0.25, 0.3) is 0 Å². The van der Waals surface area contributed by atoms with E-state index < -0.39 is 5.97 Å². The summed E-state index contributed by atoms with van der Waals surface area (Å²) in [6, 6.07) is 5.12. The van der Waals surface area contributed by atoms with Crippen molar-refractivity contribution in [3.8, 4) is 0 Å². The van der Waals surface area contributed by atoms with E-state index in [1.54, 1.807) is 12.1 Å². The molecule has 4 nitrogen and oxygen atoms in total. The predicted octanol–water partition coefficient (Wildman–Crippen LogP) is 1.88. The molecule has 3 N–H and O–H groups in total. The van der Waals surface area contributed by atoms with E-state index >= 15 is 0 Å². The van der Waals surface area contributed by atoms with Crippen LogP contribution in [0.1, 0.15) is 35.7 Å². The van der Waals surface area contributed by atoms with Gasteiger partial charge in [0.2, 0.25) is 0 Å². The lowest BCUT2D eigenvalue weighted by Gasteiger charge is -2.05. The van der Waals surface area contributed by atoms with Crippen LogP contribution in [0.4, 0.5) is 5.69 Å². The topological polar surface area (TPSA) is 80.4 Å². The van der Waals surface area contributed by atoms with Gasteiger partial charge in [-0.15, -0.1) is 0 Å². The monoisotopic (exact) mass is 221 g/mol. The minimum Gasteiger partial charge on any atom is -0.481 e. The number of anilines is 1. The minimum atomic E-state index is -0.966. The van der Waals surface area contributed by atoms with Crippen LogP contribution < -0.4 is 5.73 Å². The van der Waals surface area contributed by atoms with Crippen LogP contribution in [0.25, 0.3) is 0 Å². The molecule has 0 aromatic heterocycles. The van der Waals surface area contributed by atoms with Crippen molar-refractivity contribution in [2.75, 3.05) is 5.73 Å². The standard InChI is InChI=1S/C12H15NO3/c1-2-8-3-4-9(7-10(8)13)11(14)5-6-12(15)16/h3-4,7H,2,5-6,13H2,1H3,(H,15,16). The molecule has 1 aromatic carbocycles. The van der Waals surface area contributed by atoms with Gasteiger partial charge in [-0.25, -0.2) is 0 Å². The summed E-state index contributed by atoms with van der Waals surface area (Å²) in [6.45, 7) is 1.98. The molecular formula is C12H15NO3. The second-order valence-corrected chi connectivity index (χ2v) is 3.58. The average Bonchev–Trinajstić information content (AvgIpc) is 2.25. The third-order valence-electron chi connectivity index (χ3n) is 2.41. The fourth-order valence-corrected chi connectivity index (χ4v) is 1.46. The molecule has 0 radical (unpaired) electrons. The van der Waals surface area contributed by atoms with Gasteiger partial charge in [-0.2, -0.15) is 0 Å². The van der Waals surface area contributed by atoms with Crippen LogP contribution in [0, 0.1) is 0 Å². The molecule has 0 spiro atoms. The Kier molecular flexibility index (Phi) is 4.05. The highest BCUT2D eigenvalue weighted by atomic mass is 16.4. The van der Waals surface area contributed by atoms with Crippen molar-refractivity contribution >= 4 is 17.4 Å². The van der Waals surface area contributed by atoms with E-state index in [2.05, 4.69) is 0 Å². The number of hydrogen-bond acceptors (Lipinski definition) is 3. The van der Waals surface area contributed by atoms with Crippen LogP contribution in [0.15, 0.2) is 18.2 Å². The lowest BCUT2D eigenvalue weighted by atomic mass is 10.0. The van der Waals surface area contributed by atoms with Gasteiger partial charge in [0.1, 0.15) is 0 Å². The van der Waals surface area contributed by atoms with E-state index in [0.29, 0.717) is 11.3 Å². The van der Waals surface area contributed by atoms with E-state index in [9.17, 15) is 9.59 Å². The van der Waals surface area contributed by atoms with E-state index in [1.165, 1.54) is 0 Å². The second kappa shape index (κ2) is 5.30. The zero-order valence-electron chi connectivity index (χ0n) is 9.19. The maximum atomic E-state index is 11.6. The molecule has 0 amide bonds. The molecule has 86 valence electrons. The summed E-state index contributed by atoms with van der Waals surface area (Å²) < 4.78 is 0. The summed E-state index contributed by atoms with van der Waals surface area (Å²) in [7, 11) is 0.